The second-order valence-electron chi connectivity index (χ2n) is 5.22. The molecular formula is C17H13NO4S. The Morgan fingerprint density at radius 3 is 2.61 bits per heavy atom. The van der Waals surface area contributed by atoms with Crippen molar-refractivity contribution in [3.63, 3.8) is 0 Å². The quantitative estimate of drug-likeness (QED) is 0.847. The summed E-state index contributed by atoms with van der Waals surface area (Å²) >= 11 is 0.970. The van der Waals surface area contributed by atoms with Gasteiger partial charge in [-0.15, -0.1) is 0 Å². The van der Waals surface area contributed by atoms with Gasteiger partial charge in [0, 0.05) is 10.6 Å². The molecule has 0 fully saturated rings. The number of carboxylic acid groups (broad SMARTS) is 1. The number of anilines is 1. The summed E-state index contributed by atoms with van der Waals surface area (Å²) in [6.45, 7) is 1.86. The summed E-state index contributed by atoms with van der Waals surface area (Å²) in [6.07, 6.45) is 0. The lowest BCUT2D eigenvalue weighted by molar-refractivity contribution is -0.123. The molecule has 0 spiro atoms. The molecule has 1 unspecified atom stereocenters. The fourth-order valence-electron chi connectivity index (χ4n) is 2.46. The smallest absolute Gasteiger partial charge is 0.335 e. The Balaban J connectivity index is 1.93. The highest BCUT2D eigenvalue weighted by atomic mass is 32.2. The lowest BCUT2D eigenvalue weighted by Gasteiger charge is -2.12. The Kier molecular flexibility index (Phi) is 3.92. The number of fused-ring (bicyclic) bond motifs is 1. The summed E-state index contributed by atoms with van der Waals surface area (Å²) < 4.78 is 0. The largest absolute Gasteiger partial charge is 0.478 e. The van der Waals surface area contributed by atoms with Crippen molar-refractivity contribution >= 4 is 34.4 Å². The van der Waals surface area contributed by atoms with Crippen molar-refractivity contribution in [2.75, 3.05) is 5.32 Å². The summed E-state index contributed by atoms with van der Waals surface area (Å²) in [5, 5.41) is 11.5. The van der Waals surface area contributed by atoms with Gasteiger partial charge < -0.3 is 10.4 Å². The van der Waals surface area contributed by atoms with E-state index in [1.807, 2.05) is 19.1 Å². The van der Waals surface area contributed by atoms with Crippen molar-refractivity contribution in [1.29, 1.82) is 0 Å². The number of para-hydroxylation sites is 1. The molecule has 0 radical (unpaired) electrons. The van der Waals surface area contributed by atoms with Gasteiger partial charge in [0.25, 0.3) is 0 Å². The normalized spacial score (nSPS) is 16.0. The number of amides is 1. The van der Waals surface area contributed by atoms with Crippen LogP contribution in [0, 0.1) is 6.92 Å². The predicted molar refractivity (Wildman–Crippen MR) is 86.8 cm³/mol. The number of rotatable bonds is 3. The van der Waals surface area contributed by atoms with E-state index < -0.39 is 17.8 Å². The molecule has 0 saturated carbocycles. The van der Waals surface area contributed by atoms with Crippen LogP contribution >= 0.6 is 11.8 Å². The van der Waals surface area contributed by atoms with Crippen molar-refractivity contribution in [3.05, 3.63) is 59.2 Å². The summed E-state index contributed by atoms with van der Waals surface area (Å²) in [7, 11) is 0. The summed E-state index contributed by atoms with van der Waals surface area (Å²) in [6, 6.07) is 11.7. The number of aryl methyl sites for hydroxylation is 1. The number of carboxylic acids is 1. The molecular weight excluding hydrogens is 314 g/mol. The summed E-state index contributed by atoms with van der Waals surface area (Å²) in [5.74, 6) is -2.53. The molecule has 1 atom stereocenters. The van der Waals surface area contributed by atoms with E-state index in [2.05, 4.69) is 5.32 Å². The first-order valence-electron chi connectivity index (χ1n) is 6.93. The second-order valence-corrected chi connectivity index (χ2v) is 6.26. The van der Waals surface area contributed by atoms with E-state index in [9.17, 15) is 14.4 Å². The lowest BCUT2D eigenvalue weighted by Crippen LogP contribution is -2.24. The molecule has 0 aromatic heterocycles. The van der Waals surface area contributed by atoms with E-state index in [0.717, 1.165) is 17.3 Å². The van der Waals surface area contributed by atoms with Crippen molar-refractivity contribution in [1.82, 2.24) is 0 Å². The van der Waals surface area contributed by atoms with Gasteiger partial charge in [-0.1, -0.05) is 30.0 Å². The third-order valence-electron chi connectivity index (χ3n) is 3.68. The molecule has 5 nitrogen and oxygen atoms in total. The fraction of sp³-hybridized carbons (Fsp3) is 0.118. The molecule has 1 heterocycles. The molecule has 6 heteroatoms. The van der Waals surface area contributed by atoms with E-state index in [1.54, 1.807) is 18.2 Å². The summed E-state index contributed by atoms with van der Waals surface area (Å²) in [5.41, 5.74) is 2.04. The number of hydrogen-bond acceptors (Lipinski definition) is 4. The van der Waals surface area contributed by atoms with Gasteiger partial charge in [-0.25, -0.2) is 4.79 Å². The van der Waals surface area contributed by atoms with E-state index >= 15 is 0 Å². The minimum atomic E-state index is -1.09. The molecule has 0 bridgehead atoms. The standard InChI is InChI=1S/C17H13NO4S/c1-9-4-2-3-5-12(9)18-15(19)14-11-8-10(16(20)21)6-7-13(11)23-17(14)22/h2-8,14H,1H3,(H,18,19)(H,20,21). The minimum absolute atomic E-state index is 0.0627. The van der Waals surface area contributed by atoms with E-state index in [0.29, 0.717) is 16.1 Å². The summed E-state index contributed by atoms with van der Waals surface area (Å²) in [4.78, 5) is 36.4. The van der Waals surface area contributed by atoms with Crippen molar-refractivity contribution < 1.29 is 19.5 Å². The van der Waals surface area contributed by atoms with Crippen LogP contribution in [0.4, 0.5) is 5.69 Å². The first-order valence-corrected chi connectivity index (χ1v) is 7.74. The molecule has 0 aliphatic carbocycles. The van der Waals surface area contributed by atoms with Crippen molar-refractivity contribution in [3.8, 4) is 0 Å². The van der Waals surface area contributed by atoms with Gasteiger partial charge in [-0.05, 0) is 42.3 Å². The number of benzene rings is 2. The van der Waals surface area contributed by atoms with Crippen LogP contribution in [0.1, 0.15) is 27.4 Å². The van der Waals surface area contributed by atoms with Gasteiger partial charge in [0.15, 0.2) is 0 Å². The van der Waals surface area contributed by atoms with E-state index in [4.69, 9.17) is 5.11 Å². The second kappa shape index (κ2) is 5.89. The number of thioether (sulfide) groups is 1. The first kappa shape index (κ1) is 15.3. The number of nitrogens with one attached hydrogen (secondary N) is 1. The van der Waals surface area contributed by atoms with Crippen LogP contribution in [0.3, 0.4) is 0 Å². The maximum absolute atomic E-state index is 12.5. The number of hydrogen-bond donors (Lipinski definition) is 2. The van der Waals surface area contributed by atoms with Crippen LogP contribution in [0.2, 0.25) is 0 Å². The zero-order valence-electron chi connectivity index (χ0n) is 12.2. The molecule has 3 rings (SSSR count). The number of carbonyl (C=O) groups is 3. The van der Waals surface area contributed by atoms with Gasteiger partial charge in [0.2, 0.25) is 11.0 Å². The predicted octanol–water partition coefficient (Wildman–Crippen LogP) is 3.05. The minimum Gasteiger partial charge on any atom is -0.478 e. The molecule has 116 valence electrons. The highest BCUT2D eigenvalue weighted by Crippen LogP contribution is 2.42. The van der Waals surface area contributed by atoms with Gasteiger partial charge in [0.1, 0.15) is 5.92 Å². The Morgan fingerprint density at radius 1 is 1.17 bits per heavy atom. The Hall–Kier alpha value is -2.60. The average Bonchev–Trinajstić information content (AvgIpc) is 2.84. The molecule has 1 aliphatic rings. The van der Waals surface area contributed by atoms with Gasteiger partial charge >= 0.3 is 5.97 Å². The Bertz CT molecular complexity index is 831. The van der Waals surface area contributed by atoms with Gasteiger partial charge in [-0.3, -0.25) is 9.59 Å². The van der Waals surface area contributed by atoms with Crippen LogP contribution in [0.5, 0.6) is 0 Å². The lowest BCUT2D eigenvalue weighted by atomic mass is 9.97. The molecule has 2 aromatic rings. The average molecular weight is 327 g/mol. The molecule has 23 heavy (non-hydrogen) atoms. The maximum Gasteiger partial charge on any atom is 0.335 e. The number of carbonyl (C=O) groups excluding carboxylic acids is 2. The SMILES string of the molecule is Cc1ccccc1NC(=O)C1C(=O)Sc2ccc(C(=O)O)cc21. The van der Waals surface area contributed by atoms with Crippen molar-refractivity contribution in [2.45, 2.75) is 17.7 Å². The Morgan fingerprint density at radius 2 is 1.91 bits per heavy atom. The van der Waals surface area contributed by atoms with Gasteiger partial charge in [0.05, 0.1) is 5.56 Å². The monoisotopic (exact) mass is 327 g/mol. The van der Waals surface area contributed by atoms with Crippen LogP contribution in [0.15, 0.2) is 47.4 Å². The van der Waals surface area contributed by atoms with Crippen LogP contribution in [-0.2, 0) is 9.59 Å². The molecule has 1 aliphatic heterocycles. The van der Waals surface area contributed by atoms with Crippen LogP contribution < -0.4 is 5.32 Å². The zero-order chi connectivity index (χ0) is 16.6. The third-order valence-corrected chi connectivity index (χ3v) is 4.71. The molecule has 2 N–H and O–H groups in total. The van der Waals surface area contributed by atoms with Crippen LogP contribution in [0.25, 0.3) is 0 Å². The molecule has 1 amide bonds. The highest BCUT2D eigenvalue weighted by molar-refractivity contribution is 8.14. The maximum atomic E-state index is 12.5. The topological polar surface area (TPSA) is 83.5 Å². The van der Waals surface area contributed by atoms with Crippen molar-refractivity contribution in [2.24, 2.45) is 0 Å². The Labute approximate surface area is 136 Å². The zero-order valence-corrected chi connectivity index (χ0v) is 13.0. The third kappa shape index (κ3) is 2.85. The van der Waals surface area contributed by atoms with E-state index in [-0.39, 0.29) is 10.7 Å². The molecule has 2 aromatic carbocycles. The first-order chi connectivity index (χ1) is 11.0. The highest BCUT2D eigenvalue weighted by Gasteiger charge is 2.38. The van der Waals surface area contributed by atoms with Gasteiger partial charge in [-0.2, -0.15) is 0 Å². The fourth-order valence-corrected chi connectivity index (χ4v) is 3.46. The number of aromatic carboxylic acids is 1. The van der Waals surface area contributed by atoms with Crippen LogP contribution in [-0.4, -0.2) is 22.1 Å². The molecule has 0 saturated heterocycles. The van der Waals surface area contributed by atoms with E-state index in [1.165, 1.54) is 12.1 Å².